The number of rotatable bonds is 8. The van der Waals surface area contributed by atoms with Crippen molar-refractivity contribution in [3.63, 3.8) is 0 Å². The second-order valence-electron chi connectivity index (χ2n) is 11.9. The van der Waals surface area contributed by atoms with Gasteiger partial charge in [-0.25, -0.2) is 8.78 Å². The maximum absolute atomic E-state index is 15.8. The van der Waals surface area contributed by atoms with Gasteiger partial charge in [0.2, 0.25) is 5.91 Å². The molecule has 226 valence electrons. The lowest BCUT2D eigenvalue weighted by atomic mass is 9.62. The third-order valence-electron chi connectivity index (χ3n) is 7.80. The molecule has 6 nitrogen and oxygen atoms in total. The van der Waals surface area contributed by atoms with Crippen LogP contribution in [-0.2, 0) is 26.2 Å². The Bertz CT molecular complexity index is 1550. The minimum atomic E-state index is -1.72. The van der Waals surface area contributed by atoms with E-state index in [9.17, 15) is 14.9 Å². The Morgan fingerprint density at radius 2 is 1.79 bits per heavy atom. The van der Waals surface area contributed by atoms with Crippen molar-refractivity contribution in [3.05, 3.63) is 99.0 Å². The average molecular weight is 629 g/mol. The van der Waals surface area contributed by atoms with E-state index in [4.69, 9.17) is 23.2 Å². The van der Waals surface area contributed by atoms with Crippen LogP contribution >= 0.6 is 23.2 Å². The number of amides is 1. The molecule has 2 N–H and O–H groups in total. The number of ether oxygens (including phenoxy) is 1. The lowest BCUT2D eigenvalue weighted by Crippen LogP contribution is -2.45. The van der Waals surface area contributed by atoms with Gasteiger partial charge in [-0.15, -0.1) is 0 Å². The number of aryl methyl sites for hydroxylation is 1. The lowest BCUT2D eigenvalue weighted by Gasteiger charge is -2.37. The second-order valence-corrected chi connectivity index (χ2v) is 12.8. The van der Waals surface area contributed by atoms with E-state index >= 15 is 8.78 Å². The molecule has 1 aliphatic rings. The fourth-order valence-electron chi connectivity index (χ4n) is 5.88. The van der Waals surface area contributed by atoms with E-state index in [-0.39, 0.29) is 39.0 Å². The second kappa shape index (κ2) is 13.0. The van der Waals surface area contributed by atoms with Crippen molar-refractivity contribution < 1.29 is 23.1 Å². The summed E-state index contributed by atoms with van der Waals surface area (Å²) in [4.78, 5) is 25.5. The normalized spacial score (nSPS) is 21.7. The van der Waals surface area contributed by atoms with Crippen LogP contribution < -0.4 is 10.6 Å². The molecule has 0 saturated carbocycles. The molecule has 4 rings (SSSR count). The fraction of sp³-hybridized carbons (Fsp3) is 0.364. The molecule has 0 aliphatic carbocycles. The van der Waals surface area contributed by atoms with Crippen LogP contribution in [0, 0.1) is 28.4 Å². The van der Waals surface area contributed by atoms with Crippen molar-refractivity contribution >= 4 is 40.8 Å². The average Bonchev–Trinajstić information content (AvgIpc) is 3.26. The van der Waals surface area contributed by atoms with Crippen LogP contribution in [0.2, 0.25) is 10.0 Å². The predicted octanol–water partition coefficient (Wildman–Crippen LogP) is 7.34. The van der Waals surface area contributed by atoms with Crippen LogP contribution in [0.4, 0.5) is 14.5 Å². The van der Waals surface area contributed by atoms with Crippen LogP contribution in [0.25, 0.3) is 0 Å². The Labute approximate surface area is 260 Å². The van der Waals surface area contributed by atoms with Crippen molar-refractivity contribution in [2.45, 2.75) is 63.5 Å². The zero-order valence-corrected chi connectivity index (χ0v) is 25.8. The van der Waals surface area contributed by atoms with Gasteiger partial charge in [0.05, 0.1) is 24.2 Å². The van der Waals surface area contributed by atoms with E-state index in [1.54, 1.807) is 30.3 Å². The van der Waals surface area contributed by atoms with Gasteiger partial charge in [0.15, 0.2) is 0 Å². The monoisotopic (exact) mass is 627 g/mol. The number of anilines is 1. The van der Waals surface area contributed by atoms with Gasteiger partial charge in [-0.2, -0.15) is 5.26 Å². The predicted molar refractivity (Wildman–Crippen MR) is 163 cm³/mol. The summed E-state index contributed by atoms with van der Waals surface area (Å²) in [6.45, 7) is 5.91. The summed E-state index contributed by atoms with van der Waals surface area (Å²) in [6.07, 6.45) is 1.04. The van der Waals surface area contributed by atoms with Crippen molar-refractivity contribution in [2.75, 3.05) is 12.4 Å². The van der Waals surface area contributed by atoms with Gasteiger partial charge in [0.1, 0.15) is 17.0 Å². The topological polar surface area (TPSA) is 91.2 Å². The number of halogens is 4. The quantitative estimate of drug-likeness (QED) is 0.255. The Morgan fingerprint density at radius 1 is 1.09 bits per heavy atom. The third kappa shape index (κ3) is 6.85. The van der Waals surface area contributed by atoms with Gasteiger partial charge >= 0.3 is 5.97 Å². The number of hydrogen-bond donors (Lipinski definition) is 2. The molecular weight excluding hydrogens is 595 g/mol. The van der Waals surface area contributed by atoms with E-state index in [1.165, 1.54) is 31.4 Å². The molecule has 1 aliphatic heterocycles. The summed E-state index contributed by atoms with van der Waals surface area (Å²) >= 11 is 12.3. The zero-order chi connectivity index (χ0) is 31.5. The van der Waals surface area contributed by atoms with Gasteiger partial charge in [0, 0.05) is 34.7 Å². The molecule has 0 radical (unpaired) electrons. The van der Waals surface area contributed by atoms with E-state index in [1.807, 2.05) is 20.8 Å². The highest BCUT2D eigenvalue weighted by Gasteiger charge is 2.61. The smallest absolute Gasteiger partial charge is 0.305 e. The van der Waals surface area contributed by atoms with Crippen molar-refractivity contribution in [2.24, 2.45) is 5.41 Å². The molecular formula is C33H33Cl2F2N3O3. The number of methoxy groups -OCH3 is 1. The number of nitrogens with zero attached hydrogens (tertiary/aromatic N) is 1. The highest BCUT2D eigenvalue weighted by Crippen LogP contribution is 2.52. The van der Waals surface area contributed by atoms with Gasteiger partial charge < -0.3 is 15.4 Å². The number of benzene rings is 3. The first-order valence-corrected chi connectivity index (χ1v) is 14.6. The Kier molecular flexibility index (Phi) is 9.80. The molecule has 0 spiro atoms. The van der Waals surface area contributed by atoms with Crippen LogP contribution in [0.5, 0.6) is 0 Å². The van der Waals surface area contributed by atoms with Gasteiger partial charge in [-0.1, -0.05) is 74.3 Å². The molecule has 3 aromatic carbocycles. The molecule has 4 atom stereocenters. The maximum atomic E-state index is 15.8. The van der Waals surface area contributed by atoms with Crippen molar-refractivity contribution in [3.8, 4) is 6.07 Å². The largest absolute Gasteiger partial charge is 0.469 e. The molecule has 1 fully saturated rings. The molecule has 43 heavy (non-hydrogen) atoms. The number of esters is 1. The highest BCUT2D eigenvalue weighted by molar-refractivity contribution is 6.31. The molecule has 0 aromatic heterocycles. The Hall–Kier alpha value is -3.51. The molecule has 3 aromatic rings. The van der Waals surface area contributed by atoms with E-state index in [0.29, 0.717) is 18.5 Å². The van der Waals surface area contributed by atoms with E-state index in [0.717, 1.165) is 11.6 Å². The summed E-state index contributed by atoms with van der Waals surface area (Å²) in [5.74, 6) is -3.54. The summed E-state index contributed by atoms with van der Waals surface area (Å²) in [7, 11) is 1.33. The first-order valence-electron chi connectivity index (χ1n) is 13.8. The minimum absolute atomic E-state index is 0.00999. The molecule has 1 saturated heterocycles. The molecule has 0 bridgehead atoms. The van der Waals surface area contributed by atoms with E-state index in [2.05, 4.69) is 21.4 Å². The summed E-state index contributed by atoms with van der Waals surface area (Å²) in [5.41, 5.74) is -0.716. The zero-order valence-electron chi connectivity index (χ0n) is 24.3. The number of carbonyl (C=O) groups excluding carboxylic acids is 2. The van der Waals surface area contributed by atoms with Crippen LogP contribution in [-0.4, -0.2) is 31.1 Å². The van der Waals surface area contributed by atoms with Crippen LogP contribution in [0.15, 0.2) is 60.7 Å². The number of hydrogen-bond acceptors (Lipinski definition) is 5. The summed E-state index contributed by atoms with van der Waals surface area (Å²) in [5, 5.41) is 17.1. The van der Waals surface area contributed by atoms with Crippen molar-refractivity contribution in [1.29, 1.82) is 5.26 Å². The number of nitriles is 1. The lowest BCUT2D eigenvalue weighted by molar-refractivity contribution is -0.140. The molecule has 0 unspecified atom stereocenters. The third-order valence-corrected chi connectivity index (χ3v) is 8.33. The molecule has 1 amide bonds. The Morgan fingerprint density at radius 3 is 2.40 bits per heavy atom. The summed E-state index contributed by atoms with van der Waals surface area (Å²) in [6, 6.07) is 15.8. The van der Waals surface area contributed by atoms with Gasteiger partial charge in [-0.05, 0) is 59.7 Å². The minimum Gasteiger partial charge on any atom is -0.469 e. The number of nitrogens with one attached hydrogen (secondary N) is 2. The first kappa shape index (κ1) is 32.4. The number of carbonyl (C=O) groups is 2. The molecule has 1 heterocycles. The van der Waals surface area contributed by atoms with Crippen LogP contribution in [0.1, 0.15) is 56.2 Å². The maximum Gasteiger partial charge on any atom is 0.305 e. The Balaban J connectivity index is 1.82. The first-order chi connectivity index (χ1) is 20.3. The fourth-order valence-corrected chi connectivity index (χ4v) is 6.22. The van der Waals surface area contributed by atoms with E-state index < -0.39 is 41.0 Å². The van der Waals surface area contributed by atoms with Crippen molar-refractivity contribution in [1.82, 2.24) is 5.32 Å². The SMILES string of the molecule is COC(=O)CCc1ccc(NC(=O)[C@@H]2N[C@@H](CC(C)(C)C)[C@](C#N)(c3ccc(Cl)cc3F)[C@H]2c2cccc(Cl)c2F)cc1. The standard InChI is InChI=1S/C33H33Cl2F2N3O3/c1-32(2,3)17-26-33(18-38,23-14-11-20(34)16-25(23)36)28(22-6-5-7-24(35)29(22)37)30(40-26)31(42)39-21-12-8-19(9-13-21)10-15-27(41)43-4/h5-9,11-14,16,26,28,30,40H,10,15,17H2,1-4H3,(H,39,42)/t26-,28-,30+,33-/m0/s1. The molecule has 10 heteroatoms. The highest BCUT2D eigenvalue weighted by atomic mass is 35.5. The van der Waals surface area contributed by atoms with Gasteiger partial charge in [-0.3, -0.25) is 9.59 Å². The van der Waals surface area contributed by atoms with Crippen LogP contribution in [0.3, 0.4) is 0 Å². The summed E-state index contributed by atoms with van der Waals surface area (Å²) < 4.78 is 36.2. The van der Waals surface area contributed by atoms with Gasteiger partial charge in [0.25, 0.3) is 0 Å².